The Bertz CT molecular complexity index is 258. The highest BCUT2D eigenvalue weighted by Crippen LogP contribution is 2.23. The summed E-state index contributed by atoms with van der Waals surface area (Å²) in [6.45, 7) is 8.60. The number of aryl methyl sites for hydroxylation is 2. The summed E-state index contributed by atoms with van der Waals surface area (Å²) in [5.74, 6) is 2.30. The SMILES string of the molecule is CCc1oc(C)c(CC)c1CC. The quantitative estimate of drug-likeness (QED) is 0.671. The Kier molecular flexibility index (Phi) is 2.96. The van der Waals surface area contributed by atoms with E-state index in [1.807, 2.05) is 0 Å². The van der Waals surface area contributed by atoms with Gasteiger partial charge in [-0.2, -0.15) is 0 Å². The first-order chi connectivity index (χ1) is 5.74. The molecule has 0 saturated heterocycles. The lowest BCUT2D eigenvalue weighted by atomic mass is 10.0. The molecule has 0 aromatic carbocycles. The lowest BCUT2D eigenvalue weighted by molar-refractivity contribution is 0.483. The fourth-order valence-corrected chi connectivity index (χ4v) is 1.85. The van der Waals surface area contributed by atoms with Crippen molar-refractivity contribution < 1.29 is 4.42 Å². The van der Waals surface area contributed by atoms with Crippen LogP contribution in [0.1, 0.15) is 43.4 Å². The summed E-state index contributed by atoms with van der Waals surface area (Å²) in [4.78, 5) is 0. The molecular weight excluding hydrogens is 148 g/mol. The van der Waals surface area contributed by atoms with Gasteiger partial charge in [-0.15, -0.1) is 0 Å². The second-order valence-electron chi connectivity index (χ2n) is 3.10. The maximum absolute atomic E-state index is 5.68. The molecule has 0 atom stereocenters. The van der Waals surface area contributed by atoms with Crippen LogP contribution < -0.4 is 0 Å². The van der Waals surface area contributed by atoms with E-state index in [9.17, 15) is 0 Å². The van der Waals surface area contributed by atoms with Crippen LogP contribution in [0.5, 0.6) is 0 Å². The van der Waals surface area contributed by atoms with E-state index in [4.69, 9.17) is 4.42 Å². The van der Waals surface area contributed by atoms with Gasteiger partial charge >= 0.3 is 0 Å². The van der Waals surface area contributed by atoms with Crippen molar-refractivity contribution >= 4 is 0 Å². The third kappa shape index (κ3) is 1.40. The Hall–Kier alpha value is -0.720. The summed E-state index contributed by atoms with van der Waals surface area (Å²) >= 11 is 0. The molecule has 0 fully saturated rings. The van der Waals surface area contributed by atoms with Gasteiger partial charge in [-0.05, 0) is 30.9 Å². The van der Waals surface area contributed by atoms with Crippen molar-refractivity contribution in [1.29, 1.82) is 0 Å². The first kappa shape index (κ1) is 9.37. The van der Waals surface area contributed by atoms with Gasteiger partial charge in [0.25, 0.3) is 0 Å². The molecule has 1 heteroatoms. The Morgan fingerprint density at radius 1 is 0.917 bits per heavy atom. The Morgan fingerprint density at radius 2 is 1.50 bits per heavy atom. The van der Waals surface area contributed by atoms with E-state index in [-0.39, 0.29) is 0 Å². The monoisotopic (exact) mass is 166 g/mol. The Balaban J connectivity index is 3.16. The van der Waals surface area contributed by atoms with E-state index in [0.717, 1.165) is 25.0 Å². The molecule has 1 nitrogen and oxygen atoms in total. The second-order valence-corrected chi connectivity index (χ2v) is 3.10. The van der Waals surface area contributed by atoms with E-state index in [0.29, 0.717) is 0 Å². The number of furan rings is 1. The zero-order valence-electron chi connectivity index (χ0n) is 8.53. The zero-order chi connectivity index (χ0) is 9.14. The molecule has 0 aliphatic heterocycles. The van der Waals surface area contributed by atoms with Crippen LogP contribution in [-0.2, 0) is 19.3 Å². The first-order valence-corrected chi connectivity index (χ1v) is 4.84. The van der Waals surface area contributed by atoms with Gasteiger partial charge in [-0.1, -0.05) is 20.8 Å². The standard InChI is InChI=1S/C11H18O/c1-5-9-8(4)12-11(7-3)10(9)6-2/h5-7H2,1-4H3. The molecule has 68 valence electrons. The molecule has 0 radical (unpaired) electrons. The maximum Gasteiger partial charge on any atom is 0.107 e. The fourth-order valence-electron chi connectivity index (χ4n) is 1.85. The highest BCUT2D eigenvalue weighted by Gasteiger charge is 2.12. The molecule has 1 heterocycles. The highest BCUT2D eigenvalue weighted by molar-refractivity contribution is 5.33. The molecule has 0 N–H and O–H groups in total. The molecule has 0 bridgehead atoms. The summed E-state index contributed by atoms with van der Waals surface area (Å²) in [5, 5.41) is 0. The summed E-state index contributed by atoms with van der Waals surface area (Å²) in [6, 6.07) is 0. The molecule has 0 aliphatic rings. The summed E-state index contributed by atoms with van der Waals surface area (Å²) in [5.41, 5.74) is 2.87. The Morgan fingerprint density at radius 3 is 1.92 bits per heavy atom. The van der Waals surface area contributed by atoms with Crippen molar-refractivity contribution in [2.24, 2.45) is 0 Å². The van der Waals surface area contributed by atoms with Crippen LogP contribution in [0.3, 0.4) is 0 Å². The lowest BCUT2D eigenvalue weighted by Crippen LogP contribution is -1.90. The highest BCUT2D eigenvalue weighted by atomic mass is 16.3. The third-order valence-electron chi connectivity index (χ3n) is 2.43. The molecule has 0 spiro atoms. The maximum atomic E-state index is 5.68. The van der Waals surface area contributed by atoms with E-state index in [1.54, 1.807) is 0 Å². The van der Waals surface area contributed by atoms with E-state index in [1.165, 1.54) is 16.9 Å². The van der Waals surface area contributed by atoms with Gasteiger partial charge in [0, 0.05) is 6.42 Å². The first-order valence-electron chi connectivity index (χ1n) is 4.84. The summed E-state index contributed by atoms with van der Waals surface area (Å²) in [7, 11) is 0. The molecule has 1 rings (SSSR count). The molecule has 1 aromatic rings. The zero-order valence-corrected chi connectivity index (χ0v) is 8.53. The minimum atomic E-state index is 1.02. The van der Waals surface area contributed by atoms with Crippen LogP contribution in [0.15, 0.2) is 4.42 Å². The topological polar surface area (TPSA) is 13.1 Å². The smallest absolute Gasteiger partial charge is 0.107 e. The summed E-state index contributed by atoms with van der Waals surface area (Å²) < 4.78 is 5.68. The van der Waals surface area contributed by atoms with Crippen molar-refractivity contribution in [2.75, 3.05) is 0 Å². The van der Waals surface area contributed by atoms with E-state index in [2.05, 4.69) is 27.7 Å². The second kappa shape index (κ2) is 3.79. The fraction of sp³-hybridized carbons (Fsp3) is 0.636. The molecule has 0 saturated carbocycles. The normalized spacial score (nSPS) is 10.7. The van der Waals surface area contributed by atoms with Crippen molar-refractivity contribution in [2.45, 2.75) is 47.0 Å². The van der Waals surface area contributed by atoms with Crippen molar-refractivity contribution in [3.63, 3.8) is 0 Å². The van der Waals surface area contributed by atoms with E-state index < -0.39 is 0 Å². The van der Waals surface area contributed by atoms with Crippen LogP contribution in [0.4, 0.5) is 0 Å². The van der Waals surface area contributed by atoms with Crippen molar-refractivity contribution in [1.82, 2.24) is 0 Å². The lowest BCUT2D eigenvalue weighted by Gasteiger charge is -1.98. The number of hydrogen-bond acceptors (Lipinski definition) is 1. The minimum absolute atomic E-state index is 1.02. The van der Waals surface area contributed by atoms with Crippen molar-refractivity contribution in [3.8, 4) is 0 Å². The van der Waals surface area contributed by atoms with E-state index >= 15 is 0 Å². The third-order valence-corrected chi connectivity index (χ3v) is 2.43. The number of hydrogen-bond donors (Lipinski definition) is 0. The molecule has 12 heavy (non-hydrogen) atoms. The molecule has 0 amide bonds. The van der Waals surface area contributed by atoms with Gasteiger partial charge in [-0.3, -0.25) is 0 Å². The van der Waals surface area contributed by atoms with Crippen molar-refractivity contribution in [3.05, 3.63) is 22.6 Å². The molecule has 1 aromatic heterocycles. The van der Waals surface area contributed by atoms with Gasteiger partial charge < -0.3 is 4.42 Å². The van der Waals surface area contributed by atoms with Gasteiger partial charge in [0.1, 0.15) is 11.5 Å². The summed E-state index contributed by atoms with van der Waals surface area (Å²) in [6.07, 6.45) is 3.21. The van der Waals surface area contributed by atoms with Crippen LogP contribution in [0.25, 0.3) is 0 Å². The van der Waals surface area contributed by atoms with Crippen LogP contribution in [-0.4, -0.2) is 0 Å². The average molecular weight is 166 g/mol. The largest absolute Gasteiger partial charge is 0.466 e. The van der Waals surface area contributed by atoms with Crippen LogP contribution >= 0.6 is 0 Å². The molecule has 0 unspecified atom stereocenters. The van der Waals surface area contributed by atoms with Gasteiger partial charge in [0.15, 0.2) is 0 Å². The average Bonchev–Trinajstić information content (AvgIpc) is 2.40. The van der Waals surface area contributed by atoms with Gasteiger partial charge in [0.2, 0.25) is 0 Å². The predicted octanol–water partition coefficient (Wildman–Crippen LogP) is 3.28. The van der Waals surface area contributed by atoms with Crippen LogP contribution in [0, 0.1) is 6.92 Å². The molecular formula is C11H18O. The predicted molar refractivity (Wildman–Crippen MR) is 51.6 cm³/mol. The van der Waals surface area contributed by atoms with Gasteiger partial charge in [0.05, 0.1) is 0 Å². The van der Waals surface area contributed by atoms with Gasteiger partial charge in [-0.25, -0.2) is 0 Å². The molecule has 0 aliphatic carbocycles. The Labute approximate surface area is 74.8 Å². The number of rotatable bonds is 3. The van der Waals surface area contributed by atoms with Crippen LogP contribution in [0.2, 0.25) is 0 Å². The minimum Gasteiger partial charge on any atom is -0.466 e.